The number of aryl methyl sites for hydroxylation is 1. The molecule has 6 nitrogen and oxygen atoms in total. The fraction of sp³-hybridized carbons (Fsp3) is 0.292. The van der Waals surface area contributed by atoms with E-state index in [1.165, 1.54) is 5.69 Å². The number of amides is 2. The van der Waals surface area contributed by atoms with Crippen LogP contribution in [0.4, 0.5) is 5.69 Å². The molecule has 166 valence electrons. The van der Waals surface area contributed by atoms with Crippen LogP contribution in [-0.2, 0) is 10.5 Å². The van der Waals surface area contributed by atoms with Gasteiger partial charge in [-0.25, -0.2) is 4.98 Å². The zero-order chi connectivity index (χ0) is 22.3. The van der Waals surface area contributed by atoms with E-state index in [0.29, 0.717) is 18.7 Å². The van der Waals surface area contributed by atoms with Crippen molar-refractivity contribution >= 4 is 40.6 Å². The van der Waals surface area contributed by atoms with E-state index in [4.69, 9.17) is 0 Å². The Morgan fingerprint density at radius 1 is 1.03 bits per heavy atom. The number of nitrogens with one attached hydrogen (secondary N) is 1. The van der Waals surface area contributed by atoms with E-state index in [0.717, 1.165) is 34.4 Å². The zero-order valence-electron chi connectivity index (χ0n) is 18.0. The molecule has 1 N–H and O–H groups in total. The molecule has 2 amide bonds. The lowest BCUT2D eigenvalue weighted by molar-refractivity contribution is -0.130. The molecule has 4 rings (SSSR count). The minimum absolute atomic E-state index is 0.0190. The van der Waals surface area contributed by atoms with E-state index < -0.39 is 0 Å². The number of hydrogen-bond acceptors (Lipinski definition) is 6. The van der Waals surface area contributed by atoms with Gasteiger partial charge in [-0.1, -0.05) is 42.1 Å². The molecule has 2 aromatic carbocycles. The van der Waals surface area contributed by atoms with Crippen LogP contribution in [-0.4, -0.2) is 54.4 Å². The fourth-order valence-electron chi connectivity index (χ4n) is 3.52. The summed E-state index contributed by atoms with van der Waals surface area (Å²) in [5.41, 5.74) is 3.91. The first-order valence-electron chi connectivity index (χ1n) is 10.6. The van der Waals surface area contributed by atoms with Crippen molar-refractivity contribution in [1.29, 1.82) is 0 Å². The van der Waals surface area contributed by atoms with Gasteiger partial charge in [0.15, 0.2) is 0 Å². The highest BCUT2D eigenvalue weighted by Gasteiger charge is 2.21. The molecule has 0 saturated carbocycles. The molecule has 0 aliphatic carbocycles. The number of aromatic nitrogens is 1. The molecule has 1 aliphatic rings. The van der Waals surface area contributed by atoms with Crippen molar-refractivity contribution in [2.75, 3.05) is 37.6 Å². The molecular formula is C24H26N4O2S2. The highest BCUT2D eigenvalue weighted by Crippen LogP contribution is 2.26. The maximum Gasteiger partial charge on any atom is 0.251 e. The van der Waals surface area contributed by atoms with Crippen molar-refractivity contribution in [2.45, 2.75) is 17.0 Å². The number of para-hydroxylation sites is 1. The van der Waals surface area contributed by atoms with Gasteiger partial charge in [0, 0.05) is 54.3 Å². The monoisotopic (exact) mass is 466 g/mol. The number of thiazole rings is 1. The molecule has 1 aromatic heterocycles. The zero-order valence-corrected chi connectivity index (χ0v) is 19.6. The number of rotatable bonds is 7. The number of nitrogens with zero attached hydrogens (tertiary/aromatic N) is 3. The smallest absolute Gasteiger partial charge is 0.251 e. The number of thioether (sulfide) groups is 1. The minimum atomic E-state index is -0.226. The van der Waals surface area contributed by atoms with E-state index in [1.54, 1.807) is 35.2 Å². The van der Waals surface area contributed by atoms with Crippen LogP contribution >= 0.6 is 23.1 Å². The topological polar surface area (TPSA) is 65.5 Å². The van der Waals surface area contributed by atoms with Crippen molar-refractivity contribution in [1.82, 2.24) is 15.2 Å². The minimum Gasteiger partial charge on any atom is -0.368 e. The standard InChI is InChI=1S/C24H26N4O2S2/c1-18-16-31-24(26-18)32-17-19-7-9-20(10-8-19)23(30)25-15-22(29)28-13-11-27(12-14-28)21-5-3-2-4-6-21/h2-10,16H,11-15,17H2,1H3,(H,25,30). The molecular weight excluding hydrogens is 440 g/mol. The van der Waals surface area contributed by atoms with E-state index in [2.05, 4.69) is 27.3 Å². The number of piperazine rings is 1. The van der Waals surface area contributed by atoms with Gasteiger partial charge in [0.1, 0.15) is 4.34 Å². The maximum atomic E-state index is 12.5. The summed E-state index contributed by atoms with van der Waals surface area (Å²) in [5.74, 6) is 0.538. The first kappa shape index (κ1) is 22.4. The van der Waals surface area contributed by atoms with Crippen molar-refractivity contribution < 1.29 is 9.59 Å². The Bertz CT molecular complexity index is 1050. The second kappa shape index (κ2) is 10.7. The Morgan fingerprint density at radius 3 is 2.41 bits per heavy atom. The average molecular weight is 467 g/mol. The van der Waals surface area contributed by atoms with Crippen molar-refractivity contribution in [2.24, 2.45) is 0 Å². The Hall–Kier alpha value is -2.84. The van der Waals surface area contributed by atoms with Gasteiger partial charge < -0.3 is 15.1 Å². The summed E-state index contributed by atoms with van der Waals surface area (Å²) in [5, 5.41) is 4.80. The molecule has 1 aliphatic heterocycles. The molecule has 1 saturated heterocycles. The van der Waals surface area contributed by atoms with Crippen LogP contribution < -0.4 is 10.2 Å². The second-order valence-corrected chi connectivity index (χ2v) is 9.71. The third kappa shape index (κ3) is 5.89. The van der Waals surface area contributed by atoms with Crippen LogP contribution in [0.1, 0.15) is 21.6 Å². The molecule has 1 fully saturated rings. The van der Waals surface area contributed by atoms with Gasteiger partial charge in [0.2, 0.25) is 5.91 Å². The number of hydrogen-bond donors (Lipinski definition) is 1. The molecule has 0 atom stereocenters. The number of anilines is 1. The number of carbonyl (C=O) groups is 2. The highest BCUT2D eigenvalue weighted by molar-refractivity contribution is 8.00. The van der Waals surface area contributed by atoms with Crippen molar-refractivity contribution in [3.05, 3.63) is 76.8 Å². The van der Waals surface area contributed by atoms with E-state index in [9.17, 15) is 9.59 Å². The lowest BCUT2D eigenvalue weighted by Crippen LogP contribution is -2.51. The van der Waals surface area contributed by atoms with Crippen molar-refractivity contribution in [3.8, 4) is 0 Å². The lowest BCUT2D eigenvalue weighted by Gasteiger charge is -2.36. The summed E-state index contributed by atoms with van der Waals surface area (Å²) in [4.78, 5) is 33.5. The maximum absolute atomic E-state index is 12.5. The van der Waals surface area contributed by atoms with Crippen LogP contribution in [0.25, 0.3) is 0 Å². The van der Waals surface area contributed by atoms with Gasteiger partial charge in [-0.3, -0.25) is 9.59 Å². The third-order valence-corrected chi connectivity index (χ3v) is 7.54. The predicted octanol–water partition coefficient (Wildman–Crippen LogP) is 3.82. The van der Waals surface area contributed by atoms with Crippen LogP contribution in [0.15, 0.2) is 64.3 Å². The lowest BCUT2D eigenvalue weighted by atomic mass is 10.1. The molecule has 0 bridgehead atoms. The quantitative estimate of drug-likeness (QED) is 0.536. The first-order chi connectivity index (χ1) is 15.6. The second-order valence-electron chi connectivity index (χ2n) is 7.63. The predicted molar refractivity (Wildman–Crippen MR) is 130 cm³/mol. The third-order valence-electron chi connectivity index (χ3n) is 5.33. The normalized spacial score (nSPS) is 13.8. The Labute approximate surface area is 196 Å². The number of benzene rings is 2. The van der Waals surface area contributed by atoms with Crippen LogP contribution in [0, 0.1) is 6.92 Å². The van der Waals surface area contributed by atoms with Crippen LogP contribution in [0.3, 0.4) is 0 Å². The largest absolute Gasteiger partial charge is 0.368 e. The molecule has 2 heterocycles. The molecule has 0 unspecified atom stereocenters. The summed E-state index contributed by atoms with van der Waals surface area (Å²) >= 11 is 3.34. The van der Waals surface area contributed by atoms with Gasteiger partial charge in [0.05, 0.1) is 6.54 Å². The van der Waals surface area contributed by atoms with Gasteiger partial charge >= 0.3 is 0 Å². The Morgan fingerprint density at radius 2 is 1.75 bits per heavy atom. The summed E-state index contributed by atoms with van der Waals surface area (Å²) in [6.45, 7) is 4.92. The molecule has 3 aromatic rings. The van der Waals surface area contributed by atoms with Gasteiger partial charge in [0.25, 0.3) is 5.91 Å². The summed E-state index contributed by atoms with van der Waals surface area (Å²) < 4.78 is 1.05. The summed E-state index contributed by atoms with van der Waals surface area (Å²) in [6, 6.07) is 17.7. The highest BCUT2D eigenvalue weighted by atomic mass is 32.2. The Kier molecular flexibility index (Phi) is 7.44. The SMILES string of the molecule is Cc1csc(SCc2ccc(C(=O)NCC(=O)N3CCN(c4ccccc4)CC3)cc2)n1. The van der Waals surface area contributed by atoms with E-state index in [1.807, 2.05) is 47.5 Å². The van der Waals surface area contributed by atoms with Gasteiger partial charge in [-0.2, -0.15) is 0 Å². The van der Waals surface area contributed by atoms with Gasteiger partial charge in [-0.15, -0.1) is 11.3 Å². The van der Waals surface area contributed by atoms with E-state index in [-0.39, 0.29) is 18.4 Å². The molecule has 32 heavy (non-hydrogen) atoms. The first-order valence-corrected chi connectivity index (χ1v) is 12.4. The molecule has 0 radical (unpaired) electrons. The summed E-state index contributed by atoms with van der Waals surface area (Å²) in [6.07, 6.45) is 0. The fourth-order valence-corrected chi connectivity index (χ4v) is 5.32. The van der Waals surface area contributed by atoms with Gasteiger partial charge in [-0.05, 0) is 36.8 Å². The van der Waals surface area contributed by atoms with Crippen LogP contribution in [0.5, 0.6) is 0 Å². The molecule has 8 heteroatoms. The molecule has 0 spiro atoms. The van der Waals surface area contributed by atoms with E-state index >= 15 is 0 Å². The van der Waals surface area contributed by atoms with Crippen LogP contribution in [0.2, 0.25) is 0 Å². The average Bonchev–Trinajstić information content (AvgIpc) is 3.27. The van der Waals surface area contributed by atoms with Crippen molar-refractivity contribution in [3.63, 3.8) is 0 Å². The summed E-state index contributed by atoms with van der Waals surface area (Å²) in [7, 11) is 0. The Balaban J connectivity index is 1.21. The number of carbonyl (C=O) groups excluding carboxylic acids is 2.